The van der Waals surface area contributed by atoms with Crippen LogP contribution in [0.4, 0.5) is 5.95 Å². The first-order valence-electron chi connectivity index (χ1n) is 11.0. The second kappa shape index (κ2) is 8.84. The SMILES string of the molecule is O=c1[nH]c(=O)n(Cc2ccccc2)c2nc(N3CCCNCC3)n(Cc3ccccc3)c12. The van der Waals surface area contributed by atoms with Gasteiger partial charge in [0.05, 0.1) is 13.1 Å². The van der Waals surface area contributed by atoms with Crippen LogP contribution in [0.25, 0.3) is 11.2 Å². The molecule has 8 nitrogen and oxygen atoms in total. The molecule has 1 aliphatic rings. The standard InChI is InChI=1S/C24H26N6O2/c31-22-20-21(30(24(32)27-22)17-19-10-5-2-6-11-19)26-23(28-14-7-12-25-13-15-28)29(20)16-18-8-3-1-4-9-18/h1-6,8-11,25H,7,12-17H2,(H,27,31,32). The van der Waals surface area contributed by atoms with Gasteiger partial charge in [-0.1, -0.05) is 60.7 Å². The first-order chi connectivity index (χ1) is 15.7. The Kier molecular flexibility index (Phi) is 5.60. The normalized spacial score (nSPS) is 14.6. The van der Waals surface area contributed by atoms with E-state index < -0.39 is 11.2 Å². The summed E-state index contributed by atoms with van der Waals surface area (Å²) in [6, 6.07) is 19.8. The summed E-state index contributed by atoms with van der Waals surface area (Å²) in [4.78, 5) is 35.4. The lowest BCUT2D eigenvalue weighted by Gasteiger charge is -2.22. The molecule has 0 spiro atoms. The number of nitrogens with zero attached hydrogens (tertiary/aromatic N) is 4. The Balaban J connectivity index is 1.70. The zero-order chi connectivity index (χ0) is 21.9. The lowest BCUT2D eigenvalue weighted by Crippen LogP contribution is -2.32. The summed E-state index contributed by atoms with van der Waals surface area (Å²) in [5, 5.41) is 3.41. The van der Waals surface area contributed by atoms with Crippen LogP contribution in [0.3, 0.4) is 0 Å². The summed E-state index contributed by atoms with van der Waals surface area (Å²) < 4.78 is 3.52. The van der Waals surface area contributed by atoms with Gasteiger partial charge in [0, 0.05) is 19.6 Å². The Bertz CT molecular complexity index is 1320. The third-order valence-corrected chi connectivity index (χ3v) is 5.86. The lowest BCUT2D eigenvalue weighted by molar-refractivity contribution is 0.721. The van der Waals surface area contributed by atoms with E-state index in [-0.39, 0.29) is 0 Å². The van der Waals surface area contributed by atoms with Gasteiger partial charge in [-0.25, -0.2) is 4.79 Å². The molecule has 2 N–H and O–H groups in total. The van der Waals surface area contributed by atoms with E-state index in [1.54, 1.807) is 4.57 Å². The van der Waals surface area contributed by atoms with E-state index >= 15 is 0 Å². The molecule has 0 unspecified atom stereocenters. The highest BCUT2D eigenvalue weighted by atomic mass is 16.2. The van der Waals surface area contributed by atoms with Crippen LogP contribution in [-0.4, -0.2) is 45.3 Å². The number of rotatable bonds is 5. The maximum absolute atomic E-state index is 13.0. The third-order valence-electron chi connectivity index (χ3n) is 5.86. The third kappa shape index (κ3) is 3.97. The van der Waals surface area contributed by atoms with Gasteiger partial charge in [0.2, 0.25) is 5.95 Å². The van der Waals surface area contributed by atoms with E-state index in [9.17, 15) is 9.59 Å². The zero-order valence-corrected chi connectivity index (χ0v) is 17.8. The monoisotopic (exact) mass is 430 g/mol. The highest BCUT2D eigenvalue weighted by Crippen LogP contribution is 2.22. The molecular weight excluding hydrogens is 404 g/mol. The van der Waals surface area contributed by atoms with Crippen molar-refractivity contribution in [3.8, 4) is 0 Å². The Morgan fingerprint density at radius 1 is 0.812 bits per heavy atom. The smallest absolute Gasteiger partial charge is 0.330 e. The van der Waals surface area contributed by atoms with Crippen LogP contribution in [0.15, 0.2) is 70.3 Å². The van der Waals surface area contributed by atoms with Crippen molar-refractivity contribution in [2.75, 3.05) is 31.1 Å². The topological polar surface area (TPSA) is 87.9 Å². The molecule has 2 aromatic carbocycles. The summed E-state index contributed by atoms with van der Waals surface area (Å²) >= 11 is 0. The number of anilines is 1. The molecule has 3 heterocycles. The van der Waals surface area contributed by atoms with Crippen LogP contribution in [0.1, 0.15) is 17.5 Å². The Morgan fingerprint density at radius 2 is 1.47 bits per heavy atom. The summed E-state index contributed by atoms with van der Waals surface area (Å²) in [6.07, 6.45) is 0.988. The minimum absolute atomic E-state index is 0.344. The van der Waals surface area contributed by atoms with Crippen molar-refractivity contribution in [1.29, 1.82) is 0 Å². The van der Waals surface area contributed by atoms with Crippen molar-refractivity contribution < 1.29 is 0 Å². The molecule has 0 radical (unpaired) electrons. The number of H-pyrrole nitrogens is 1. The van der Waals surface area contributed by atoms with Gasteiger partial charge in [0.25, 0.3) is 5.56 Å². The number of imidazole rings is 1. The molecule has 0 atom stereocenters. The second-order valence-electron chi connectivity index (χ2n) is 8.08. The van der Waals surface area contributed by atoms with Gasteiger partial charge in [0.1, 0.15) is 0 Å². The maximum atomic E-state index is 13.0. The van der Waals surface area contributed by atoms with E-state index in [4.69, 9.17) is 4.98 Å². The maximum Gasteiger partial charge on any atom is 0.330 e. The first kappa shape index (κ1) is 20.3. The van der Waals surface area contributed by atoms with Crippen molar-refractivity contribution >= 4 is 17.1 Å². The fourth-order valence-electron chi connectivity index (χ4n) is 4.28. The zero-order valence-electron chi connectivity index (χ0n) is 17.8. The van der Waals surface area contributed by atoms with Crippen molar-refractivity contribution in [3.05, 3.63) is 92.6 Å². The summed E-state index contributed by atoms with van der Waals surface area (Å²) in [7, 11) is 0. The van der Waals surface area contributed by atoms with E-state index in [1.807, 2.05) is 65.2 Å². The molecular formula is C24H26N6O2. The summed E-state index contributed by atoms with van der Waals surface area (Å²) in [5.41, 5.74) is 2.04. The number of benzene rings is 2. The number of fused-ring (bicyclic) bond motifs is 1. The minimum Gasteiger partial charge on any atom is -0.341 e. The molecule has 5 rings (SSSR count). The molecule has 1 saturated heterocycles. The first-order valence-corrected chi connectivity index (χ1v) is 11.0. The molecule has 1 aliphatic heterocycles. The van der Waals surface area contributed by atoms with Crippen LogP contribution >= 0.6 is 0 Å². The summed E-state index contributed by atoms with van der Waals surface area (Å²) in [5.74, 6) is 0.727. The molecule has 4 aromatic rings. The largest absolute Gasteiger partial charge is 0.341 e. The number of aromatic amines is 1. The number of aromatic nitrogens is 4. The fourth-order valence-corrected chi connectivity index (χ4v) is 4.28. The highest BCUT2D eigenvalue weighted by Gasteiger charge is 2.23. The van der Waals surface area contributed by atoms with Gasteiger partial charge < -0.3 is 10.2 Å². The van der Waals surface area contributed by atoms with Crippen molar-refractivity contribution in [3.63, 3.8) is 0 Å². The van der Waals surface area contributed by atoms with Crippen molar-refractivity contribution in [2.24, 2.45) is 0 Å². The molecule has 0 aliphatic carbocycles. The predicted molar refractivity (Wildman–Crippen MR) is 125 cm³/mol. The second-order valence-corrected chi connectivity index (χ2v) is 8.08. The van der Waals surface area contributed by atoms with Crippen LogP contribution in [-0.2, 0) is 13.1 Å². The molecule has 1 fully saturated rings. The Morgan fingerprint density at radius 3 is 2.16 bits per heavy atom. The molecule has 2 aromatic heterocycles. The lowest BCUT2D eigenvalue weighted by atomic mass is 10.2. The summed E-state index contributed by atoms with van der Waals surface area (Å²) in [6.45, 7) is 4.28. The van der Waals surface area contributed by atoms with Crippen LogP contribution in [0.2, 0.25) is 0 Å². The van der Waals surface area contributed by atoms with Gasteiger partial charge in [-0.05, 0) is 24.1 Å². The van der Waals surface area contributed by atoms with Gasteiger partial charge >= 0.3 is 5.69 Å². The molecule has 32 heavy (non-hydrogen) atoms. The average Bonchev–Trinajstić information content (AvgIpc) is 2.98. The van der Waals surface area contributed by atoms with E-state index in [0.717, 1.165) is 49.7 Å². The van der Waals surface area contributed by atoms with Gasteiger partial charge in [-0.2, -0.15) is 4.98 Å². The number of hydrogen-bond donors (Lipinski definition) is 2. The average molecular weight is 431 g/mol. The van der Waals surface area contributed by atoms with Gasteiger partial charge in [-0.3, -0.25) is 18.9 Å². The van der Waals surface area contributed by atoms with Crippen molar-refractivity contribution in [1.82, 2.24) is 24.4 Å². The molecule has 8 heteroatoms. The van der Waals surface area contributed by atoms with E-state index in [1.165, 1.54) is 0 Å². The van der Waals surface area contributed by atoms with E-state index in [2.05, 4.69) is 15.2 Å². The van der Waals surface area contributed by atoms with Crippen LogP contribution in [0.5, 0.6) is 0 Å². The molecule has 0 bridgehead atoms. The number of hydrogen-bond acceptors (Lipinski definition) is 5. The Labute approximate surface area is 185 Å². The minimum atomic E-state index is -0.445. The van der Waals surface area contributed by atoms with Gasteiger partial charge in [-0.15, -0.1) is 0 Å². The Hall–Kier alpha value is -3.65. The van der Waals surface area contributed by atoms with Crippen LogP contribution in [0, 0.1) is 0 Å². The predicted octanol–water partition coefficient (Wildman–Crippen LogP) is 1.78. The van der Waals surface area contributed by atoms with E-state index in [0.29, 0.717) is 24.3 Å². The van der Waals surface area contributed by atoms with Crippen molar-refractivity contribution in [2.45, 2.75) is 19.5 Å². The number of nitrogens with one attached hydrogen (secondary N) is 2. The molecule has 0 amide bonds. The highest BCUT2D eigenvalue weighted by molar-refractivity contribution is 5.75. The van der Waals surface area contributed by atoms with Crippen LogP contribution < -0.4 is 21.5 Å². The fraction of sp³-hybridized carbons (Fsp3) is 0.292. The quantitative estimate of drug-likeness (QED) is 0.504. The van der Waals surface area contributed by atoms with Gasteiger partial charge in [0.15, 0.2) is 11.2 Å². The molecule has 0 saturated carbocycles. The molecule has 164 valence electrons.